The summed E-state index contributed by atoms with van der Waals surface area (Å²) in [5, 5.41) is 14.2. The monoisotopic (exact) mass is 326 g/mol. The number of urea groups is 1. The van der Waals surface area contributed by atoms with Crippen molar-refractivity contribution in [1.29, 1.82) is 0 Å². The van der Waals surface area contributed by atoms with Crippen molar-refractivity contribution in [3.63, 3.8) is 0 Å². The summed E-state index contributed by atoms with van der Waals surface area (Å²) in [6.07, 6.45) is 2.99. The Morgan fingerprint density at radius 1 is 1.43 bits per heavy atom. The van der Waals surface area contributed by atoms with E-state index in [0.717, 1.165) is 19.3 Å². The van der Waals surface area contributed by atoms with Gasteiger partial charge in [0.05, 0.1) is 5.37 Å². The number of amides is 2. The van der Waals surface area contributed by atoms with Crippen LogP contribution in [-0.2, 0) is 11.2 Å². The molecule has 2 fully saturated rings. The van der Waals surface area contributed by atoms with Gasteiger partial charge in [-0.3, -0.25) is 4.90 Å². The zero-order chi connectivity index (χ0) is 14.8. The number of carbonyl (C=O) groups excluding carboxylic acids is 1. The van der Waals surface area contributed by atoms with E-state index < -0.39 is 12.0 Å². The highest BCUT2D eigenvalue weighted by atomic mass is 32.2. The summed E-state index contributed by atoms with van der Waals surface area (Å²) in [6, 6.07) is 3.10. The average Bonchev–Trinajstić information content (AvgIpc) is 3.00. The Balaban J connectivity index is 1.58. The molecule has 1 aliphatic carbocycles. The van der Waals surface area contributed by atoms with E-state index >= 15 is 0 Å². The molecule has 1 aromatic heterocycles. The summed E-state index contributed by atoms with van der Waals surface area (Å²) in [5.41, 5.74) is 0. The van der Waals surface area contributed by atoms with E-state index in [2.05, 4.69) is 5.32 Å². The molecule has 2 amide bonds. The zero-order valence-electron chi connectivity index (χ0n) is 11.5. The fourth-order valence-electron chi connectivity index (χ4n) is 2.56. The number of rotatable bonds is 5. The van der Waals surface area contributed by atoms with Gasteiger partial charge in [-0.05, 0) is 36.6 Å². The summed E-state index contributed by atoms with van der Waals surface area (Å²) in [6.45, 7) is 0.546. The molecule has 1 saturated carbocycles. The van der Waals surface area contributed by atoms with Crippen LogP contribution in [0, 0.1) is 5.92 Å². The van der Waals surface area contributed by atoms with Gasteiger partial charge in [-0.25, -0.2) is 9.59 Å². The number of carbonyl (C=O) groups is 2. The highest BCUT2D eigenvalue weighted by molar-refractivity contribution is 8.00. The Kier molecular flexibility index (Phi) is 4.40. The third-order valence-corrected chi connectivity index (χ3v) is 6.21. The first-order valence-electron chi connectivity index (χ1n) is 7.10. The molecule has 5 nitrogen and oxygen atoms in total. The molecule has 114 valence electrons. The minimum atomic E-state index is -0.904. The molecule has 1 aromatic rings. The lowest BCUT2D eigenvalue weighted by molar-refractivity contribution is -0.141. The third-order valence-electron chi connectivity index (χ3n) is 3.81. The molecule has 1 saturated heterocycles. The third kappa shape index (κ3) is 3.35. The minimum Gasteiger partial charge on any atom is -0.480 e. The standard InChI is InChI=1S/C14H18N2O3S2/c17-13(18)11-8-21-12(9-3-4-9)16(11)14(19)15-6-5-10-2-1-7-20-10/h1-2,7,9,11-12H,3-6,8H2,(H,15,19)(H,17,18). The summed E-state index contributed by atoms with van der Waals surface area (Å²) in [5.74, 6) is 0.0657. The van der Waals surface area contributed by atoms with E-state index in [9.17, 15) is 14.7 Å². The average molecular weight is 326 g/mol. The normalized spacial score (nSPS) is 25.0. The van der Waals surface area contributed by atoms with Crippen LogP contribution in [0.4, 0.5) is 4.79 Å². The van der Waals surface area contributed by atoms with Crippen molar-refractivity contribution in [2.45, 2.75) is 30.7 Å². The molecular weight excluding hydrogens is 308 g/mol. The van der Waals surface area contributed by atoms with Crippen molar-refractivity contribution in [2.24, 2.45) is 5.92 Å². The molecule has 2 atom stereocenters. The number of hydrogen-bond donors (Lipinski definition) is 2. The molecule has 2 heterocycles. The van der Waals surface area contributed by atoms with Gasteiger partial charge in [0.1, 0.15) is 6.04 Å². The number of carboxylic acids is 1. The first kappa shape index (κ1) is 14.7. The maximum absolute atomic E-state index is 12.4. The first-order valence-corrected chi connectivity index (χ1v) is 9.02. The highest BCUT2D eigenvalue weighted by Gasteiger charge is 2.47. The summed E-state index contributed by atoms with van der Waals surface area (Å²) in [4.78, 5) is 26.5. The van der Waals surface area contributed by atoms with Crippen LogP contribution in [0.5, 0.6) is 0 Å². The molecule has 1 aliphatic heterocycles. The Morgan fingerprint density at radius 3 is 2.86 bits per heavy atom. The van der Waals surface area contributed by atoms with Crippen LogP contribution in [0.25, 0.3) is 0 Å². The SMILES string of the molecule is O=C(O)C1CSC(C2CC2)N1C(=O)NCCc1cccs1. The Hall–Kier alpha value is -1.21. The molecule has 7 heteroatoms. The van der Waals surface area contributed by atoms with Crippen molar-refractivity contribution in [2.75, 3.05) is 12.3 Å². The van der Waals surface area contributed by atoms with Crippen LogP contribution in [0.3, 0.4) is 0 Å². The van der Waals surface area contributed by atoms with Gasteiger partial charge in [0.15, 0.2) is 0 Å². The second-order valence-electron chi connectivity index (χ2n) is 5.38. The van der Waals surface area contributed by atoms with E-state index in [-0.39, 0.29) is 11.4 Å². The molecule has 0 aromatic carbocycles. The Morgan fingerprint density at radius 2 is 2.24 bits per heavy atom. The smallest absolute Gasteiger partial charge is 0.327 e. The van der Waals surface area contributed by atoms with E-state index in [4.69, 9.17) is 0 Å². The van der Waals surface area contributed by atoms with E-state index in [0.29, 0.717) is 18.2 Å². The molecule has 0 spiro atoms. The number of nitrogens with one attached hydrogen (secondary N) is 1. The molecule has 2 unspecified atom stereocenters. The molecule has 2 N–H and O–H groups in total. The first-order chi connectivity index (χ1) is 10.2. The largest absolute Gasteiger partial charge is 0.480 e. The lowest BCUT2D eigenvalue weighted by Gasteiger charge is -2.27. The molecule has 0 bridgehead atoms. The fourth-order valence-corrected chi connectivity index (χ4v) is 4.90. The van der Waals surface area contributed by atoms with E-state index in [1.165, 1.54) is 4.88 Å². The second-order valence-corrected chi connectivity index (χ2v) is 7.57. The van der Waals surface area contributed by atoms with Crippen LogP contribution < -0.4 is 5.32 Å². The number of nitrogens with zero attached hydrogens (tertiary/aromatic N) is 1. The molecule has 21 heavy (non-hydrogen) atoms. The van der Waals surface area contributed by atoms with Gasteiger partial charge >= 0.3 is 12.0 Å². The predicted molar refractivity (Wildman–Crippen MR) is 83.7 cm³/mol. The number of carboxylic acid groups (broad SMARTS) is 1. The molecular formula is C14H18N2O3S2. The summed E-state index contributed by atoms with van der Waals surface area (Å²) in [7, 11) is 0. The van der Waals surface area contributed by atoms with Gasteiger partial charge < -0.3 is 10.4 Å². The lowest BCUT2D eigenvalue weighted by Crippen LogP contribution is -2.51. The van der Waals surface area contributed by atoms with E-state index in [1.807, 2.05) is 17.5 Å². The Labute approximate surface area is 131 Å². The quantitative estimate of drug-likeness (QED) is 0.870. The van der Waals surface area contributed by atoms with Crippen LogP contribution in [0.15, 0.2) is 17.5 Å². The number of aliphatic carboxylic acids is 1. The maximum Gasteiger partial charge on any atom is 0.327 e. The zero-order valence-corrected chi connectivity index (χ0v) is 13.2. The number of thioether (sulfide) groups is 1. The second kappa shape index (κ2) is 6.27. The highest BCUT2D eigenvalue weighted by Crippen LogP contribution is 2.45. The molecule has 0 radical (unpaired) electrons. The van der Waals surface area contributed by atoms with E-state index in [1.54, 1.807) is 28.0 Å². The lowest BCUT2D eigenvalue weighted by atomic mass is 10.2. The number of thiophene rings is 1. The van der Waals surface area contributed by atoms with Crippen molar-refractivity contribution >= 4 is 35.1 Å². The van der Waals surface area contributed by atoms with Crippen molar-refractivity contribution < 1.29 is 14.7 Å². The van der Waals surface area contributed by atoms with Crippen LogP contribution in [0.1, 0.15) is 17.7 Å². The molecule has 3 rings (SSSR count). The van der Waals surface area contributed by atoms with Gasteiger partial charge in [0.2, 0.25) is 0 Å². The topological polar surface area (TPSA) is 69.6 Å². The van der Waals surface area contributed by atoms with Crippen molar-refractivity contribution in [3.05, 3.63) is 22.4 Å². The molecule has 2 aliphatic rings. The van der Waals surface area contributed by atoms with Gasteiger partial charge in [0.25, 0.3) is 0 Å². The Bertz CT molecular complexity index is 516. The van der Waals surface area contributed by atoms with Gasteiger partial charge in [-0.2, -0.15) is 0 Å². The minimum absolute atomic E-state index is 0.0350. The van der Waals surface area contributed by atoms with Crippen molar-refractivity contribution in [3.8, 4) is 0 Å². The van der Waals surface area contributed by atoms with Gasteiger partial charge in [-0.15, -0.1) is 23.1 Å². The van der Waals surface area contributed by atoms with Gasteiger partial charge in [-0.1, -0.05) is 6.07 Å². The number of hydrogen-bond acceptors (Lipinski definition) is 4. The predicted octanol–water partition coefficient (Wildman–Crippen LogP) is 2.24. The van der Waals surface area contributed by atoms with Gasteiger partial charge in [0, 0.05) is 17.2 Å². The van der Waals surface area contributed by atoms with Crippen LogP contribution in [-0.4, -0.2) is 45.7 Å². The maximum atomic E-state index is 12.4. The summed E-state index contributed by atoms with van der Waals surface area (Å²) >= 11 is 3.27. The van der Waals surface area contributed by atoms with Crippen LogP contribution in [0.2, 0.25) is 0 Å². The fraction of sp³-hybridized carbons (Fsp3) is 0.571. The van der Waals surface area contributed by atoms with Crippen LogP contribution >= 0.6 is 23.1 Å². The van der Waals surface area contributed by atoms with Crippen molar-refractivity contribution in [1.82, 2.24) is 10.2 Å². The summed E-state index contributed by atoms with van der Waals surface area (Å²) < 4.78 is 0.